The van der Waals surface area contributed by atoms with E-state index in [1.165, 1.54) is 6.07 Å². The Morgan fingerprint density at radius 2 is 1.84 bits per heavy atom. The zero-order chi connectivity index (χ0) is 27.4. The lowest BCUT2D eigenvalue weighted by molar-refractivity contribution is -0.385. The molecule has 0 aliphatic carbocycles. The number of aliphatic hydroxyl groups is 1. The monoisotopic (exact) mass is 517 g/mol. The summed E-state index contributed by atoms with van der Waals surface area (Å²) in [6.07, 6.45) is -0.251. The van der Waals surface area contributed by atoms with Crippen LogP contribution in [0, 0.1) is 21.4 Å². The fourth-order valence-corrected chi connectivity index (χ4v) is 4.52. The third-order valence-electron chi connectivity index (χ3n) is 6.44. The molecule has 1 atom stereocenters. The van der Waals surface area contributed by atoms with Crippen LogP contribution < -0.4 is 4.74 Å². The summed E-state index contributed by atoms with van der Waals surface area (Å²) in [4.78, 5) is 25.2. The van der Waals surface area contributed by atoms with Crippen molar-refractivity contribution in [3.8, 4) is 11.8 Å². The van der Waals surface area contributed by atoms with Crippen LogP contribution >= 0.6 is 0 Å². The summed E-state index contributed by atoms with van der Waals surface area (Å²) in [7, 11) is 0. The van der Waals surface area contributed by atoms with Crippen LogP contribution in [0.2, 0.25) is 0 Å². The van der Waals surface area contributed by atoms with Gasteiger partial charge in [-0.25, -0.2) is 4.79 Å². The van der Waals surface area contributed by atoms with Gasteiger partial charge in [0.25, 0.3) is 5.69 Å². The minimum atomic E-state index is -0.990. The molecule has 1 heterocycles. The summed E-state index contributed by atoms with van der Waals surface area (Å²) < 4.78 is 11.6. The average molecular weight is 518 g/mol. The molecule has 9 nitrogen and oxygen atoms in total. The topological polar surface area (TPSA) is 126 Å². The number of nitriles is 1. The van der Waals surface area contributed by atoms with Crippen molar-refractivity contribution in [2.45, 2.75) is 57.8 Å². The number of rotatable bonds is 6. The Hall–Kier alpha value is -4.16. The van der Waals surface area contributed by atoms with E-state index in [1.54, 1.807) is 41.3 Å². The third-order valence-corrected chi connectivity index (χ3v) is 6.44. The van der Waals surface area contributed by atoms with Crippen LogP contribution in [-0.2, 0) is 11.2 Å². The molecule has 1 aliphatic heterocycles. The smallest absolute Gasteiger partial charge is 0.410 e. The van der Waals surface area contributed by atoms with Gasteiger partial charge in [0.15, 0.2) is 0 Å². The molecule has 0 radical (unpaired) electrons. The van der Waals surface area contributed by atoms with Crippen LogP contribution in [0.1, 0.15) is 56.4 Å². The molecule has 3 aromatic rings. The number of aliphatic hydroxyl groups excluding tert-OH is 1. The Labute approximate surface area is 221 Å². The van der Waals surface area contributed by atoms with E-state index in [4.69, 9.17) is 9.47 Å². The Bertz CT molecular complexity index is 1380. The van der Waals surface area contributed by atoms with E-state index >= 15 is 0 Å². The van der Waals surface area contributed by atoms with E-state index < -0.39 is 16.6 Å². The number of fused-ring (bicyclic) bond motifs is 1. The molecule has 3 aromatic carbocycles. The number of nitrogens with zero attached hydrogens (tertiary/aromatic N) is 3. The normalized spacial score (nSPS) is 15.1. The van der Waals surface area contributed by atoms with Gasteiger partial charge in [0.05, 0.1) is 22.7 Å². The lowest BCUT2D eigenvalue weighted by Gasteiger charge is -2.33. The van der Waals surface area contributed by atoms with Crippen molar-refractivity contribution in [2.75, 3.05) is 13.1 Å². The number of hydrogen-bond donors (Lipinski definition) is 1. The minimum Gasteiger partial charge on any atom is -0.490 e. The molecule has 0 aromatic heterocycles. The number of ether oxygens (including phenoxy) is 2. The highest BCUT2D eigenvalue weighted by Crippen LogP contribution is 2.31. The van der Waals surface area contributed by atoms with Crippen LogP contribution in [0.4, 0.5) is 10.5 Å². The van der Waals surface area contributed by atoms with E-state index in [0.717, 1.165) is 10.8 Å². The number of carbonyl (C=O) groups excluding carboxylic acids is 1. The van der Waals surface area contributed by atoms with Gasteiger partial charge in [-0.3, -0.25) is 10.1 Å². The molecule has 1 saturated heterocycles. The van der Waals surface area contributed by atoms with E-state index in [2.05, 4.69) is 6.07 Å². The van der Waals surface area contributed by atoms with Gasteiger partial charge in [0, 0.05) is 44.0 Å². The van der Waals surface area contributed by atoms with E-state index in [0.29, 0.717) is 48.4 Å². The largest absolute Gasteiger partial charge is 0.490 e. The molecule has 4 rings (SSSR count). The molecule has 1 amide bonds. The maximum atomic E-state index is 12.3. The highest BCUT2D eigenvalue weighted by molar-refractivity contribution is 5.84. The fourth-order valence-electron chi connectivity index (χ4n) is 4.52. The number of carbonyl (C=O) groups is 1. The minimum absolute atomic E-state index is 0.0219. The van der Waals surface area contributed by atoms with Crippen LogP contribution in [0.3, 0.4) is 0 Å². The molecule has 0 bridgehead atoms. The van der Waals surface area contributed by atoms with E-state index in [9.17, 15) is 25.3 Å². The molecule has 1 aliphatic rings. The van der Waals surface area contributed by atoms with Gasteiger partial charge in [-0.1, -0.05) is 18.2 Å². The highest BCUT2D eigenvalue weighted by Gasteiger charge is 2.28. The van der Waals surface area contributed by atoms with Crippen molar-refractivity contribution < 1.29 is 24.3 Å². The first-order valence-corrected chi connectivity index (χ1v) is 12.6. The first kappa shape index (κ1) is 26.9. The summed E-state index contributed by atoms with van der Waals surface area (Å²) in [6.45, 7) is 6.47. The van der Waals surface area contributed by atoms with Gasteiger partial charge >= 0.3 is 6.09 Å². The molecule has 0 spiro atoms. The highest BCUT2D eigenvalue weighted by atomic mass is 16.6. The summed E-state index contributed by atoms with van der Waals surface area (Å²) in [5.74, 6) is 0.477. The van der Waals surface area contributed by atoms with Gasteiger partial charge in [-0.2, -0.15) is 5.26 Å². The molecule has 1 N–H and O–H groups in total. The average Bonchev–Trinajstić information content (AvgIpc) is 2.87. The number of likely N-dealkylation sites (tertiary alicyclic amines) is 1. The maximum Gasteiger partial charge on any atom is 0.410 e. The van der Waals surface area contributed by atoms with Crippen LogP contribution in [-0.4, -0.2) is 45.8 Å². The summed E-state index contributed by atoms with van der Waals surface area (Å²) in [5, 5.41) is 33.6. The Morgan fingerprint density at radius 1 is 1.13 bits per heavy atom. The number of hydrogen-bond acceptors (Lipinski definition) is 7. The molecule has 9 heteroatoms. The second kappa shape index (κ2) is 11.1. The van der Waals surface area contributed by atoms with Crippen LogP contribution in [0.25, 0.3) is 10.8 Å². The Morgan fingerprint density at radius 3 is 2.50 bits per heavy atom. The fraction of sp³-hybridized carbons (Fsp3) is 0.379. The van der Waals surface area contributed by atoms with Gasteiger partial charge in [0.2, 0.25) is 0 Å². The molecule has 38 heavy (non-hydrogen) atoms. The van der Waals surface area contributed by atoms with E-state index in [1.807, 2.05) is 32.9 Å². The first-order chi connectivity index (χ1) is 18.0. The standard InChI is InChI=1S/C29H31N3O6/c1-29(2,3)38-28(34)31-12-10-24(11-13-31)37-25-8-9-26(32(35)36)23(16-25)17-27(33)21-7-6-20-5-4-19(18-30)14-22(20)15-21/h4-9,14-16,24,27,33H,10-13,17H2,1-3H3. The molecular weight excluding hydrogens is 486 g/mol. The second-order valence-electron chi connectivity index (χ2n) is 10.5. The van der Waals surface area contributed by atoms with Crippen molar-refractivity contribution >= 4 is 22.6 Å². The number of piperidine rings is 1. The first-order valence-electron chi connectivity index (χ1n) is 12.6. The molecule has 0 saturated carbocycles. The van der Waals surface area contributed by atoms with Gasteiger partial charge in [-0.15, -0.1) is 0 Å². The zero-order valence-electron chi connectivity index (χ0n) is 21.7. The van der Waals surface area contributed by atoms with Crippen LogP contribution in [0.5, 0.6) is 5.75 Å². The second-order valence-corrected chi connectivity index (χ2v) is 10.5. The Kier molecular flexibility index (Phi) is 7.83. The van der Waals surface area contributed by atoms with E-state index in [-0.39, 0.29) is 24.3 Å². The van der Waals surface area contributed by atoms with Crippen molar-refractivity contribution in [3.05, 3.63) is 81.4 Å². The summed E-state index contributed by atoms with van der Waals surface area (Å²) in [5.41, 5.74) is 0.821. The molecule has 198 valence electrons. The lowest BCUT2D eigenvalue weighted by Crippen LogP contribution is -2.44. The van der Waals surface area contributed by atoms with Gasteiger partial charge < -0.3 is 19.5 Å². The van der Waals surface area contributed by atoms with Crippen molar-refractivity contribution in [3.63, 3.8) is 0 Å². The summed E-state index contributed by atoms with van der Waals surface area (Å²) >= 11 is 0. The lowest BCUT2D eigenvalue weighted by atomic mass is 9.97. The Balaban J connectivity index is 1.46. The molecular formula is C29H31N3O6. The zero-order valence-corrected chi connectivity index (χ0v) is 21.7. The van der Waals surface area contributed by atoms with Crippen molar-refractivity contribution in [1.29, 1.82) is 5.26 Å². The van der Waals surface area contributed by atoms with Gasteiger partial charge in [-0.05, 0) is 67.4 Å². The number of amides is 1. The number of nitro benzene ring substituents is 1. The maximum absolute atomic E-state index is 12.3. The van der Waals surface area contributed by atoms with Gasteiger partial charge in [0.1, 0.15) is 17.5 Å². The molecule has 1 unspecified atom stereocenters. The summed E-state index contributed by atoms with van der Waals surface area (Å²) in [6, 6.07) is 17.4. The predicted molar refractivity (Wildman–Crippen MR) is 142 cm³/mol. The molecule has 1 fully saturated rings. The predicted octanol–water partition coefficient (Wildman–Crippen LogP) is 5.67. The SMILES string of the molecule is CC(C)(C)OC(=O)N1CCC(Oc2ccc([N+](=O)[O-])c(CC(O)c3ccc4ccc(C#N)cc4c3)c2)CC1. The third kappa shape index (κ3) is 6.58. The van der Waals surface area contributed by atoms with Crippen molar-refractivity contribution in [2.24, 2.45) is 0 Å². The number of benzene rings is 3. The van der Waals surface area contributed by atoms with Crippen LogP contribution in [0.15, 0.2) is 54.6 Å². The van der Waals surface area contributed by atoms with Crippen molar-refractivity contribution in [1.82, 2.24) is 4.90 Å². The quantitative estimate of drug-likeness (QED) is 0.329. The number of nitro groups is 1.